The third-order valence-electron chi connectivity index (χ3n) is 9.24. The van der Waals surface area contributed by atoms with Crippen molar-refractivity contribution < 1.29 is 13.9 Å². The van der Waals surface area contributed by atoms with Gasteiger partial charge in [0.15, 0.2) is 8.32 Å². The number of aryl methyl sites for hydroxylation is 1. The zero-order valence-corrected chi connectivity index (χ0v) is 28.2. The number of nitrogens with one attached hydrogen (secondary N) is 2. The lowest BCUT2D eigenvalue weighted by Crippen LogP contribution is -2.46. The predicted octanol–water partition coefficient (Wildman–Crippen LogP) is 5.88. The van der Waals surface area contributed by atoms with Gasteiger partial charge in [0.25, 0.3) is 0 Å². The Kier molecular flexibility index (Phi) is 9.00. The number of morpholine rings is 1. The van der Waals surface area contributed by atoms with Crippen LogP contribution in [0.3, 0.4) is 0 Å². The molecule has 0 bridgehead atoms. The molecule has 10 nitrogen and oxygen atoms in total. The molecule has 11 heteroatoms. The van der Waals surface area contributed by atoms with Crippen LogP contribution < -0.4 is 15.4 Å². The van der Waals surface area contributed by atoms with Crippen LogP contribution in [-0.4, -0.2) is 80.8 Å². The van der Waals surface area contributed by atoms with Gasteiger partial charge in [0.05, 0.1) is 36.2 Å². The minimum Gasteiger partial charge on any atom is -0.474 e. The summed E-state index contributed by atoms with van der Waals surface area (Å²) < 4.78 is 18.5. The molecule has 0 saturated carbocycles. The smallest absolute Gasteiger partial charge is 0.237 e. The van der Waals surface area contributed by atoms with E-state index in [4.69, 9.17) is 18.9 Å². The van der Waals surface area contributed by atoms with Crippen molar-refractivity contribution in [1.29, 1.82) is 5.26 Å². The molecule has 1 aromatic carbocycles. The van der Waals surface area contributed by atoms with Gasteiger partial charge in [-0.05, 0) is 67.5 Å². The van der Waals surface area contributed by atoms with Gasteiger partial charge in [-0.2, -0.15) is 5.26 Å². The van der Waals surface area contributed by atoms with Gasteiger partial charge in [-0.1, -0.05) is 27.7 Å². The summed E-state index contributed by atoms with van der Waals surface area (Å²) in [4.78, 5) is 16.1. The van der Waals surface area contributed by atoms with Crippen LogP contribution in [0.25, 0.3) is 11.3 Å². The highest BCUT2D eigenvalue weighted by Gasteiger charge is 2.42. The summed E-state index contributed by atoms with van der Waals surface area (Å²) >= 11 is 0. The molecular weight excluding hydrogens is 570 g/mol. The maximum absolute atomic E-state index is 10.1. The first-order valence-corrected chi connectivity index (χ1v) is 18.1. The minimum absolute atomic E-state index is 0.112. The second kappa shape index (κ2) is 12.4. The fraction of sp³-hybridized carbons (Fsp3) is 0.515. The maximum Gasteiger partial charge on any atom is 0.237 e. The number of benzene rings is 1. The number of hydrogen-bond donors (Lipinski definition) is 2. The highest BCUT2D eigenvalue weighted by molar-refractivity contribution is 6.74. The lowest BCUT2D eigenvalue weighted by Gasteiger charge is -2.39. The quantitative estimate of drug-likeness (QED) is 0.283. The summed E-state index contributed by atoms with van der Waals surface area (Å²) in [5.74, 6) is 0.899. The average molecular weight is 616 g/mol. The van der Waals surface area contributed by atoms with Crippen molar-refractivity contribution in [3.8, 4) is 23.2 Å². The van der Waals surface area contributed by atoms with Crippen LogP contribution >= 0.6 is 0 Å². The lowest BCUT2D eigenvalue weighted by atomic mass is 9.83. The van der Waals surface area contributed by atoms with E-state index in [-0.39, 0.29) is 16.5 Å². The minimum atomic E-state index is -1.96. The van der Waals surface area contributed by atoms with Crippen molar-refractivity contribution in [3.63, 3.8) is 0 Å². The SMILES string of the molecule is Cc1cnc(OCC2COCCN2C)c(Nc2nccc(-c3cc(C#N)c4c(c3)[C@@](C)(CO[Si](C)(C)C(C)(C)C)CN4)n2)c1. The van der Waals surface area contributed by atoms with E-state index in [2.05, 4.69) is 85.5 Å². The molecule has 44 heavy (non-hydrogen) atoms. The number of ether oxygens (including phenoxy) is 2. The number of aromatic nitrogens is 3. The first kappa shape index (κ1) is 31.8. The molecule has 0 amide bonds. The standard InChI is InChI=1S/C33H45N7O3Si/c1-22-13-28(30(36-17-22)42-19-25-18-41-12-11-40(25)6)39-31-35-10-9-27(38-31)23-14-24(16-34)29-26(15-23)33(5,20-37-29)21-43-44(7,8)32(2,3)4/h9-10,13-15,17,25,37H,11-12,18-21H2,1-8H3,(H,35,38,39)/t25?,33-/m1/s1. The third kappa shape index (κ3) is 6.73. The number of nitrogens with zero attached hydrogens (tertiary/aromatic N) is 5. The Balaban J connectivity index is 1.40. The fourth-order valence-electron chi connectivity index (χ4n) is 5.16. The number of fused-ring (bicyclic) bond motifs is 1. The number of nitriles is 1. The van der Waals surface area contributed by atoms with E-state index in [0.29, 0.717) is 55.1 Å². The monoisotopic (exact) mass is 615 g/mol. The Morgan fingerprint density at radius 1 is 1.25 bits per heavy atom. The number of pyridine rings is 1. The predicted molar refractivity (Wildman–Crippen MR) is 176 cm³/mol. The molecule has 0 aliphatic carbocycles. The molecule has 2 aromatic heterocycles. The molecular formula is C33H45N7O3Si. The van der Waals surface area contributed by atoms with Gasteiger partial charge in [-0.3, -0.25) is 4.90 Å². The molecule has 0 spiro atoms. The van der Waals surface area contributed by atoms with Gasteiger partial charge in [0, 0.05) is 43.1 Å². The largest absolute Gasteiger partial charge is 0.474 e. The average Bonchev–Trinajstić information content (AvgIpc) is 3.32. The van der Waals surface area contributed by atoms with E-state index < -0.39 is 8.32 Å². The highest BCUT2D eigenvalue weighted by Crippen LogP contribution is 2.44. The van der Waals surface area contributed by atoms with Crippen molar-refractivity contribution in [1.82, 2.24) is 19.9 Å². The Bertz CT molecular complexity index is 1550. The van der Waals surface area contributed by atoms with Gasteiger partial charge in [-0.15, -0.1) is 0 Å². The Hall–Kier alpha value is -3.56. The molecule has 2 aliphatic rings. The van der Waals surface area contributed by atoms with Crippen molar-refractivity contribution in [3.05, 3.63) is 53.3 Å². The molecule has 4 heterocycles. The van der Waals surface area contributed by atoms with Gasteiger partial charge in [-0.25, -0.2) is 15.0 Å². The molecule has 3 aromatic rings. The summed E-state index contributed by atoms with van der Waals surface area (Å²) in [5, 5.41) is 17.0. The van der Waals surface area contributed by atoms with E-state index in [1.165, 1.54) is 0 Å². The number of anilines is 3. The lowest BCUT2D eigenvalue weighted by molar-refractivity contribution is -0.0112. The van der Waals surface area contributed by atoms with Crippen molar-refractivity contribution in [2.45, 2.75) is 64.2 Å². The molecule has 1 unspecified atom stereocenters. The number of hydrogen-bond acceptors (Lipinski definition) is 10. The second-order valence-corrected chi connectivity index (χ2v) is 18.6. The van der Waals surface area contributed by atoms with Gasteiger partial charge >= 0.3 is 0 Å². The second-order valence-electron chi connectivity index (χ2n) is 13.8. The van der Waals surface area contributed by atoms with Crippen LogP contribution in [0.15, 0.2) is 36.7 Å². The summed E-state index contributed by atoms with van der Waals surface area (Å²) in [6, 6.07) is 10.4. The summed E-state index contributed by atoms with van der Waals surface area (Å²) in [6.45, 7) is 19.5. The summed E-state index contributed by atoms with van der Waals surface area (Å²) in [7, 11) is 0.119. The molecule has 1 fully saturated rings. The molecule has 0 radical (unpaired) electrons. The van der Waals surface area contributed by atoms with Crippen LogP contribution in [0.2, 0.25) is 18.1 Å². The molecule has 234 valence electrons. The van der Waals surface area contributed by atoms with Crippen molar-refractivity contribution in [2.24, 2.45) is 0 Å². The normalized spacial score (nSPS) is 20.5. The maximum atomic E-state index is 10.1. The molecule has 2 atom stereocenters. The summed E-state index contributed by atoms with van der Waals surface area (Å²) in [6.07, 6.45) is 3.51. The summed E-state index contributed by atoms with van der Waals surface area (Å²) in [5.41, 5.74) is 5.51. The van der Waals surface area contributed by atoms with E-state index in [1.807, 2.05) is 25.1 Å². The Morgan fingerprint density at radius 3 is 2.77 bits per heavy atom. The Morgan fingerprint density at radius 2 is 2.05 bits per heavy atom. The molecule has 1 saturated heterocycles. The highest BCUT2D eigenvalue weighted by atomic mass is 28.4. The van der Waals surface area contributed by atoms with Crippen molar-refractivity contribution in [2.75, 3.05) is 57.2 Å². The van der Waals surface area contributed by atoms with Gasteiger partial charge < -0.3 is 24.5 Å². The van der Waals surface area contributed by atoms with E-state index in [1.54, 1.807) is 12.4 Å². The van der Waals surface area contributed by atoms with Crippen LogP contribution in [0, 0.1) is 18.3 Å². The number of rotatable bonds is 9. The number of likely N-dealkylation sites (N-methyl/N-ethyl adjacent to an activating group) is 1. The van der Waals surface area contributed by atoms with E-state index in [0.717, 1.165) is 35.5 Å². The zero-order chi connectivity index (χ0) is 31.7. The van der Waals surface area contributed by atoms with Crippen LogP contribution in [0.5, 0.6) is 5.88 Å². The van der Waals surface area contributed by atoms with E-state index in [9.17, 15) is 5.26 Å². The molecule has 5 rings (SSSR count). The van der Waals surface area contributed by atoms with Crippen LogP contribution in [0.4, 0.5) is 17.3 Å². The first-order valence-electron chi connectivity index (χ1n) is 15.2. The molecule has 2 aliphatic heterocycles. The van der Waals surface area contributed by atoms with Crippen molar-refractivity contribution >= 4 is 25.6 Å². The fourth-order valence-corrected chi connectivity index (χ4v) is 6.27. The Labute approximate surface area is 262 Å². The topological polar surface area (TPSA) is 117 Å². The van der Waals surface area contributed by atoms with E-state index >= 15 is 0 Å². The first-order chi connectivity index (χ1) is 20.8. The van der Waals surface area contributed by atoms with Gasteiger partial charge in [0.2, 0.25) is 11.8 Å². The van der Waals surface area contributed by atoms with Crippen LogP contribution in [0.1, 0.15) is 44.4 Å². The zero-order valence-electron chi connectivity index (χ0n) is 27.2. The van der Waals surface area contributed by atoms with Crippen LogP contribution in [-0.2, 0) is 14.6 Å². The van der Waals surface area contributed by atoms with Gasteiger partial charge in [0.1, 0.15) is 18.4 Å². The molecule has 2 N–H and O–H groups in total. The third-order valence-corrected chi connectivity index (χ3v) is 13.7.